The highest BCUT2D eigenvalue weighted by Gasteiger charge is 2.32. The molecule has 2 fully saturated rings. The molecule has 0 spiro atoms. The van der Waals surface area contributed by atoms with Crippen LogP contribution >= 0.6 is 24.8 Å². The van der Waals surface area contributed by atoms with Crippen molar-refractivity contribution in [1.29, 1.82) is 0 Å². The fraction of sp³-hybridized carbons (Fsp3) is 0.556. The zero-order valence-electron chi connectivity index (χ0n) is 13.7. The van der Waals surface area contributed by atoms with Crippen LogP contribution in [-0.4, -0.2) is 36.1 Å². The van der Waals surface area contributed by atoms with Crippen molar-refractivity contribution < 1.29 is 0 Å². The number of hydrogen-bond donors (Lipinski definition) is 2. The molecule has 0 unspecified atom stereocenters. The monoisotopic (exact) mass is 355 g/mol. The molecule has 1 aromatic carbocycles. The van der Waals surface area contributed by atoms with Crippen molar-refractivity contribution in [1.82, 2.24) is 15.2 Å². The van der Waals surface area contributed by atoms with E-state index in [1.807, 2.05) is 0 Å². The number of nitrogens with one attached hydrogen (secondary N) is 2. The molecule has 128 valence electrons. The molecule has 2 aliphatic rings. The summed E-state index contributed by atoms with van der Waals surface area (Å²) < 4.78 is 0. The number of aromatic nitrogens is 1. The van der Waals surface area contributed by atoms with Gasteiger partial charge in [0.2, 0.25) is 0 Å². The molecule has 1 saturated heterocycles. The van der Waals surface area contributed by atoms with E-state index in [1.165, 1.54) is 48.9 Å². The number of rotatable bonds is 4. The highest BCUT2D eigenvalue weighted by atomic mass is 35.5. The molecular weight excluding hydrogens is 329 g/mol. The maximum Gasteiger partial charge on any atom is 0.0459 e. The van der Waals surface area contributed by atoms with Gasteiger partial charge in [0, 0.05) is 48.8 Å². The van der Waals surface area contributed by atoms with Crippen LogP contribution in [0, 0.1) is 12.8 Å². The third-order valence-electron chi connectivity index (χ3n) is 5.12. The Balaban J connectivity index is 0.000000960. The van der Waals surface area contributed by atoms with E-state index >= 15 is 0 Å². The van der Waals surface area contributed by atoms with Crippen molar-refractivity contribution >= 4 is 35.7 Å². The smallest absolute Gasteiger partial charge is 0.0459 e. The molecule has 1 saturated carbocycles. The van der Waals surface area contributed by atoms with Crippen LogP contribution in [-0.2, 0) is 0 Å². The molecule has 1 atom stereocenters. The molecule has 3 nitrogen and oxygen atoms in total. The number of piperazine rings is 1. The minimum absolute atomic E-state index is 0. The number of aromatic amines is 1. The summed E-state index contributed by atoms with van der Waals surface area (Å²) in [5.41, 5.74) is 4.21. The van der Waals surface area contributed by atoms with Gasteiger partial charge in [0.05, 0.1) is 0 Å². The van der Waals surface area contributed by atoms with Crippen molar-refractivity contribution in [2.75, 3.05) is 26.2 Å². The maximum absolute atomic E-state index is 3.60. The topological polar surface area (TPSA) is 31.1 Å². The van der Waals surface area contributed by atoms with Gasteiger partial charge in [-0.2, -0.15) is 0 Å². The van der Waals surface area contributed by atoms with E-state index in [2.05, 4.69) is 46.4 Å². The molecule has 4 rings (SSSR count). The number of H-pyrrole nitrogens is 1. The van der Waals surface area contributed by atoms with Gasteiger partial charge in [0.1, 0.15) is 0 Å². The molecular formula is C18H27Cl2N3. The predicted octanol–water partition coefficient (Wildman–Crippen LogP) is 4.07. The summed E-state index contributed by atoms with van der Waals surface area (Å²) in [5.74, 6) is 0.956. The minimum atomic E-state index is 0. The highest BCUT2D eigenvalue weighted by molar-refractivity contribution is 5.86. The second-order valence-corrected chi connectivity index (χ2v) is 6.69. The Morgan fingerprint density at radius 1 is 1.13 bits per heavy atom. The Bertz CT molecular complexity index is 630. The molecule has 1 aliphatic carbocycles. The molecule has 0 amide bonds. The molecule has 23 heavy (non-hydrogen) atoms. The van der Waals surface area contributed by atoms with Gasteiger partial charge in [-0.1, -0.05) is 31.0 Å². The average Bonchev–Trinajstić information content (AvgIpc) is 3.27. The fourth-order valence-corrected chi connectivity index (χ4v) is 3.84. The Morgan fingerprint density at radius 2 is 1.83 bits per heavy atom. The third kappa shape index (κ3) is 3.85. The predicted molar refractivity (Wildman–Crippen MR) is 102 cm³/mol. The van der Waals surface area contributed by atoms with Gasteiger partial charge in [-0.25, -0.2) is 0 Å². The molecule has 0 bridgehead atoms. The maximum atomic E-state index is 3.60. The Labute approximate surface area is 151 Å². The molecule has 2 aromatic rings. The van der Waals surface area contributed by atoms with Crippen LogP contribution in [0.2, 0.25) is 0 Å². The second-order valence-electron chi connectivity index (χ2n) is 6.69. The first kappa shape index (κ1) is 18.6. The minimum Gasteiger partial charge on any atom is -0.358 e. The number of nitrogens with zero attached hydrogens (tertiary/aromatic N) is 1. The normalized spacial score (nSPS) is 19.9. The van der Waals surface area contributed by atoms with Gasteiger partial charge < -0.3 is 10.3 Å². The lowest BCUT2D eigenvalue weighted by Crippen LogP contribution is -2.45. The van der Waals surface area contributed by atoms with Crippen molar-refractivity contribution in [3.63, 3.8) is 0 Å². The summed E-state index contributed by atoms with van der Waals surface area (Å²) in [4.78, 5) is 6.30. The molecule has 1 aliphatic heterocycles. The molecule has 1 aromatic heterocycles. The van der Waals surface area contributed by atoms with Crippen LogP contribution in [0.25, 0.3) is 10.9 Å². The van der Waals surface area contributed by atoms with Gasteiger partial charge in [-0.3, -0.25) is 4.90 Å². The van der Waals surface area contributed by atoms with E-state index in [9.17, 15) is 0 Å². The second kappa shape index (κ2) is 7.89. The first-order valence-corrected chi connectivity index (χ1v) is 8.35. The lowest BCUT2D eigenvalue weighted by Gasteiger charge is -2.35. The SMILES string of the molecule is Cc1[nH]c2ccccc2c1[C@@H](CC1CC1)N1CCNCC1.Cl.Cl. The van der Waals surface area contributed by atoms with E-state index in [4.69, 9.17) is 0 Å². The summed E-state index contributed by atoms with van der Waals surface area (Å²) in [5, 5.41) is 4.92. The van der Waals surface area contributed by atoms with Gasteiger partial charge in [-0.15, -0.1) is 24.8 Å². The standard InChI is InChI=1S/C18H25N3.2ClH/c1-13-18(15-4-2-3-5-16(15)20-13)17(12-14-6-7-14)21-10-8-19-9-11-21;;/h2-5,14,17,19-20H,6-12H2,1H3;2*1H/t17-;;/m1../s1. The van der Waals surface area contributed by atoms with Crippen molar-refractivity contribution in [3.8, 4) is 0 Å². The summed E-state index contributed by atoms with van der Waals surface area (Å²) in [6, 6.07) is 9.39. The molecule has 2 heterocycles. The third-order valence-corrected chi connectivity index (χ3v) is 5.12. The lowest BCUT2D eigenvalue weighted by molar-refractivity contribution is 0.161. The fourth-order valence-electron chi connectivity index (χ4n) is 3.84. The van der Waals surface area contributed by atoms with Crippen LogP contribution in [0.3, 0.4) is 0 Å². The molecule has 5 heteroatoms. The quantitative estimate of drug-likeness (QED) is 0.865. The largest absolute Gasteiger partial charge is 0.358 e. The number of aryl methyl sites for hydroxylation is 1. The Morgan fingerprint density at radius 3 is 2.52 bits per heavy atom. The number of benzene rings is 1. The van der Waals surface area contributed by atoms with Crippen molar-refractivity contribution in [2.24, 2.45) is 5.92 Å². The number of halogens is 2. The van der Waals surface area contributed by atoms with Crippen molar-refractivity contribution in [3.05, 3.63) is 35.5 Å². The number of hydrogen-bond acceptors (Lipinski definition) is 2. The van der Waals surface area contributed by atoms with Gasteiger partial charge in [-0.05, 0) is 30.9 Å². The van der Waals surface area contributed by atoms with Crippen LogP contribution in [0.4, 0.5) is 0 Å². The average molecular weight is 356 g/mol. The van der Waals surface area contributed by atoms with Crippen LogP contribution in [0.5, 0.6) is 0 Å². The summed E-state index contributed by atoms with van der Waals surface area (Å²) >= 11 is 0. The van der Waals surface area contributed by atoms with E-state index in [1.54, 1.807) is 5.56 Å². The summed E-state index contributed by atoms with van der Waals surface area (Å²) in [6.45, 7) is 6.86. The first-order valence-electron chi connectivity index (χ1n) is 8.35. The van der Waals surface area contributed by atoms with E-state index in [0.29, 0.717) is 6.04 Å². The number of fused-ring (bicyclic) bond motifs is 1. The summed E-state index contributed by atoms with van der Waals surface area (Å²) in [7, 11) is 0. The summed E-state index contributed by atoms with van der Waals surface area (Å²) in [6.07, 6.45) is 4.21. The van der Waals surface area contributed by atoms with Crippen molar-refractivity contribution in [2.45, 2.75) is 32.2 Å². The zero-order chi connectivity index (χ0) is 14.2. The van der Waals surface area contributed by atoms with E-state index in [-0.39, 0.29) is 24.8 Å². The van der Waals surface area contributed by atoms with Gasteiger partial charge in [0.15, 0.2) is 0 Å². The van der Waals surface area contributed by atoms with Gasteiger partial charge >= 0.3 is 0 Å². The van der Waals surface area contributed by atoms with Crippen LogP contribution in [0.1, 0.15) is 36.6 Å². The highest BCUT2D eigenvalue weighted by Crippen LogP contribution is 2.42. The lowest BCUT2D eigenvalue weighted by atomic mass is 9.96. The Kier molecular flexibility index (Phi) is 6.38. The van der Waals surface area contributed by atoms with Gasteiger partial charge in [0.25, 0.3) is 0 Å². The first-order chi connectivity index (χ1) is 10.3. The van der Waals surface area contributed by atoms with E-state index in [0.717, 1.165) is 19.0 Å². The zero-order valence-corrected chi connectivity index (χ0v) is 15.3. The molecule has 2 N–H and O–H groups in total. The molecule has 0 radical (unpaired) electrons. The van der Waals surface area contributed by atoms with Crippen LogP contribution in [0.15, 0.2) is 24.3 Å². The van der Waals surface area contributed by atoms with E-state index < -0.39 is 0 Å². The Hall–Kier alpha value is -0.740. The number of para-hydroxylation sites is 1. The van der Waals surface area contributed by atoms with Crippen LogP contribution < -0.4 is 5.32 Å².